The van der Waals surface area contributed by atoms with E-state index in [1.165, 1.54) is 6.42 Å². The molecule has 0 aliphatic rings. The van der Waals surface area contributed by atoms with Gasteiger partial charge in [-0.05, 0) is 47.1 Å². The third-order valence-corrected chi connectivity index (χ3v) is 3.38. The van der Waals surface area contributed by atoms with Crippen LogP contribution in [0.5, 0.6) is 0 Å². The Hall–Kier alpha value is -0.870. The van der Waals surface area contributed by atoms with E-state index in [1.807, 2.05) is 0 Å². The van der Waals surface area contributed by atoms with E-state index >= 15 is 0 Å². The van der Waals surface area contributed by atoms with Gasteiger partial charge in [0.05, 0.1) is 12.2 Å². The van der Waals surface area contributed by atoms with Crippen LogP contribution in [0.3, 0.4) is 0 Å². The zero-order valence-corrected chi connectivity index (χ0v) is 14.2. The van der Waals surface area contributed by atoms with Crippen molar-refractivity contribution in [2.75, 3.05) is 7.05 Å². The molecule has 0 spiro atoms. The van der Waals surface area contributed by atoms with E-state index in [0.29, 0.717) is 12.0 Å². The molecule has 1 aromatic heterocycles. The zero-order valence-electron chi connectivity index (χ0n) is 14.2. The van der Waals surface area contributed by atoms with Crippen molar-refractivity contribution in [3.63, 3.8) is 0 Å². The minimum absolute atomic E-state index is 0.0989. The maximum Gasteiger partial charge on any atom is 0.151 e. The summed E-state index contributed by atoms with van der Waals surface area (Å²) < 4.78 is 5.42. The highest BCUT2D eigenvalue weighted by Gasteiger charge is 2.15. The van der Waals surface area contributed by atoms with Gasteiger partial charge in [0.2, 0.25) is 0 Å². The molecule has 0 amide bonds. The third-order valence-electron chi connectivity index (χ3n) is 3.38. The fourth-order valence-corrected chi connectivity index (χ4v) is 2.13. The first kappa shape index (κ1) is 17.2. The van der Waals surface area contributed by atoms with Gasteiger partial charge >= 0.3 is 0 Å². The van der Waals surface area contributed by atoms with Crippen LogP contribution >= 0.6 is 0 Å². The van der Waals surface area contributed by atoms with Crippen molar-refractivity contribution in [3.8, 4) is 0 Å². The SMILES string of the molecule is CC(C)CC(C)N(C)Cc1cc(CNC(C)(C)C)no1. The summed E-state index contributed by atoms with van der Waals surface area (Å²) in [7, 11) is 2.14. The van der Waals surface area contributed by atoms with Gasteiger partial charge in [0.15, 0.2) is 5.76 Å². The summed E-state index contributed by atoms with van der Waals surface area (Å²) in [4.78, 5) is 2.32. The van der Waals surface area contributed by atoms with E-state index in [0.717, 1.165) is 24.5 Å². The molecule has 1 aromatic rings. The molecule has 1 heterocycles. The zero-order chi connectivity index (χ0) is 15.3. The molecule has 0 radical (unpaired) electrons. The Labute approximate surface area is 123 Å². The smallest absolute Gasteiger partial charge is 0.151 e. The van der Waals surface area contributed by atoms with Crippen molar-refractivity contribution >= 4 is 0 Å². The molecule has 116 valence electrons. The Morgan fingerprint density at radius 1 is 1.30 bits per heavy atom. The first-order valence-electron chi connectivity index (χ1n) is 7.57. The number of hydrogen-bond donors (Lipinski definition) is 1. The number of rotatable bonds is 7. The van der Waals surface area contributed by atoms with Crippen LogP contribution in [0.15, 0.2) is 10.6 Å². The van der Waals surface area contributed by atoms with Crippen molar-refractivity contribution in [2.24, 2.45) is 5.92 Å². The highest BCUT2D eigenvalue weighted by molar-refractivity contribution is 5.05. The van der Waals surface area contributed by atoms with E-state index in [4.69, 9.17) is 4.52 Å². The molecular weight excluding hydrogens is 250 g/mol. The minimum atomic E-state index is 0.0989. The summed E-state index contributed by atoms with van der Waals surface area (Å²) in [6.45, 7) is 14.8. The average molecular weight is 281 g/mol. The molecule has 1 N–H and O–H groups in total. The summed E-state index contributed by atoms with van der Waals surface area (Å²) in [5, 5.41) is 7.55. The van der Waals surface area contributed by atoms with Crippen LogP contribution in [0, 0.1) is 5.92 Å². The lowest BCUT2D eigenvalue weighted by atomic mass is 10.0. The van der Waals surface area contributed by atoms with E-state index < -0.39 is 0 Å². The number of aromatic nitrogens is 1. The van der Waals surface area contributed by atoms with Crippen molar-refractivity contribution in [1.82, 2.24) is 15.4 Å². The third kappa shape index (κ3) is 6.53. The molecule has 4 nitrogen and oxygen atoms in total. The summed E-state index contributed by atoms with van der Waals surface area (Å²) >= 11 is 0. The predicted octanol–water partition coefficient (Wildman–Crippen LogP) is 3.43. The molecule has 0 saturated carbocycles. The summed E-state index contributed by atoms with van der Waals surface area (Å²) in [5.74, 6) is 1.66. The van der Waals surface area contributed by atoms with Crippen molar-refractivity contribution in [2.45, 2.75) is 72.6 Å². The normalized spacial score (nSPS) is 14.2. The second-order valence-electron chi connectivity index (χ2n) is 7.28. The van der Waals surface area contributed by atoms with E-state index in [9.17, 15) is 0 Å². The Balaban J connectivity index is 2.47. The first-order valence-corrected chi connectivity index (χ1v) is 7.57. The van der Waals surface area contributed by atoms with Crippen LogP contribution in [-0.2, 0) is 13.1 Å². The van der Waals surface area contributed by atoms with Gasteiger partial charge in [-0.1, -0.05) is 19.0 Å². The van der Waals surface area contributed by atoms with Crippen molar-refractivity contribution < 1.29 is 4.52 Å². The standard InChI is InChI=1S/C16H31N3O/c1-12(2)8-13(3)19(7)11-15-9-14(18-20-15)10-17-16(4,5)6/h9,12-13,17H,8,10-11H2,1-7H3. The molecule has 0 bridgehead atoms. The maximum atomic E-state index is 5.42. The Kier molecular flexibility index (Phi) is 6.21. The van der Waals surface area contributed by atoms with Gasteiger partial charge in [-0.25, -0.2) is 0 Å². The largest absolute Gasteiger partial charge is 0.360 e. The first-order chi connectivity index (χ1) is 9.17. The molecule has 20 heavy (non-hydrogen) atoms. The molecule has 0 aromatic carbocycles. The van der Waals surface area contributed by atoms with Gasteiger partial charge < -0.3 is 9.84 Å². The average Bonchev–Trinajstić information content (AvgIpc) is 2.72. The van der Waals surface area contributed by atoms with Crippen molar-refractivity contribution in [3.05, 3.63) is 17.5 Å². The van der Waals surface area contributed by atoms with Crippen LogP contribution in [0.25, 0.3) is 0 Å². The van der Waals surface area contributed by atoms with E-state index in [1.54, 1.807) is 0 Å². The lowest BCUT2D eigenvalue weighted by Gasteiger charge is -2.24. The minimum Gasteiger partial charge on any atom is -0.360 e. The summed E-state index contributed by atoms with van der Waals surface area (Å²) in [6.07, 6.45) is 1.20. The van der Waals surface area contributed by atoms with Gasteiger partial charge in [0.1, 0.15) is 0 Å². The topological polar surface area (TPSA) is 41.3 Å². The summed E-state index contributed by atoms with van der Waals surface area (Å²) in [6, 6.07) is 2.60. The van der Waals surface area contributed by atoms with E-state index in [2.05, 4.69) is 70.0 Å². The van der Waals surface area contributed by atoms with Crippen molar-refractivity contribution in [1.29, 1.82) is 0 Å². The number of hydrogen-bond acceptors (Lipinski definition) is 4. The highest BCUT2D eigenvalue weighted by Crippen LogP contribution is 2.14. The molecular formula is C16H31N3O. The van der Waals surface area contributed by atoms with E-state index in [-0.39, 0.29) is 5.54 Å². The van der Waals surface area contributed by atoms with Crippen LogP contribution in [0.1, 0.15) is 59.4 Å². The van der Waals surface area contributed by atoms with Crippen LogP contribution in [-0.4, -0.2) is 28.7 Å². The van der Waals surface area contributed by atoms with Gasteiger partial charge in [0.25, 0.3) is 0 Å². The van der Waals surface area contributed by atoms with Gasteiger partial charge in [-0.2, -0.15) is 0 Å². The fraction of sp³-hybridized carbons (Fsp3) is 0.812. The molecule has 1 unspecified atom stereocenters. The Morgan fingerprint density at radius 2 is 1.95 bits per heavy atom. The lowest BCUT2D eigenvalue weighted by Crippen LogP contribution is -2.35. The van der Waals surface area contributed by atoms with Crippen LogP contribution in [0.4, 0.5) is 0 Å². The molecule has 0 aliphatic heterocycles. The van der Waals surface area contributed by atoms with Crippen LogP contribution < -0.4 is 5.32 Å². The molecule has 1 rings (SSSR count). The molecule has 0 fully saturated rings. The second-order valence-corrected chi connectivity index (χ2v) is 7.28. The highest BCUT2D eigenvalue weighted by atomic mass is 16.5. The number of nitrogens with zero attached hydrogens (tertiary/aromatic N) is 2. The van der Waals surface area contributed by atoms with Gasteiger partial charge in [-0.15, -0.1) is 0 Å². The van der Waals surface area contributed by atoms with Gasteiger partial charge in [-0.3, -0.25) is 4.90 Å². The second kappa shape index (κ2) is 7.23. The lowest BCUT2D eigenvalue weighted by molar-refractivity contribution is 0.197. The van der Waals surface area contributed by atoms with Crippen LogP contribution in [0.2, 0.25) is 0 Å². The maximum absolute atomic E-state index is 5.42. The molecule has 0 saturated heterocycles. The quantitative estimate of drug-likeness (QED) is 0.831. The monoisotopic (exact) mass is 281 g/mol. The molecule has 4 heteroatoms. The molecule has 0 aliphatic carbocycles. The predicted molar refractivity (Wildman–Crippen MR) is 83.5 cm³/mol. The van der Waals surface area contributed by atoms with Gasteiger partial charge in [0, 0.05) is 24.2 Å². The summed E-state index contributed by atoms with van der Waals surface area (Å²) in [5.41, 5.74) is 1.07. The number of nitrogens with one attached hydrogen (secondary N) is 1. The Morgan fingerprint density at radius 3 is 2.50 bits per heavy atom. The fourth-order valence-electron chi connectivity index (χ4n) is 2.13. The molecule has 1 atom stereocenters. The Bertz CT molecular complexity index is 393.